The van der Waals surface area contributed by atoms with E-state index in [2.05, 4.69) is 21.8 Å². The minimum Gasteiger partial charge on any atom is -0.459 e. The molecule has 0 spiro atoms. The molecule has 0 bridgehead atoms. The summed E-state index contributed by atoms with van der Waals surface area (Å²) in [7, 11) is 0. The average Bonchev–Trinajstić information content (AvgIpc) is 2.79. The van der Waals surface area contributed by atoms with Crippen molar-refractivity contribution in [2.45, 2.75) is 32.0 Å². The lowest BCUT2D eigenvalue weighted by Crippen LogP contribution is -2.41. The predicted octanol–water partition coefficient (Wildman–Crippen LogP) is 5.82. The third kappa shape index (κ3) is 5.56. The molecule has 32 heavy (non-hydrogen) atoms. The number of hydrogen-bond donors (Lipinski definition) is 0. The molecule has 1 fully saturated rings. The molecule has 1 aromatic heterocycles. The second-order valence-corrected chi connectivity index (χ2v) is 7.64. The monoisotopic (exact) mass is 443 g/mol. The van der Waals surface area contributed by atoms with Gasteiger partial charge in [0.1, 0.15) is 11.9 Å². The quantitative estimate of drug-likeness (QED) is 0.481. The van der Waals surface area contributed by atoms with Gasteiger partial charge in [0.15, 0.2) is 0 Å². The second kappa shape index (κ2) is 9.56. The van der Waals surface area contributed by atoms with Gasteiger partial charge in [0, 0.05) is 18.2 Å². The molecule has 3 aromatic rings. The Morgan fingerprint density at radius 2 is 1.78 bits per heavy atom. The minimum atomic E-state index is -4.40. The van der Waals surface area contributed by atoms with E-state index in [0.717, 1.165) is 44.6 Å². The molecule has 0 aliphatic carbocycles. The Morgan fingerprint density at radius 1 is 1.03 bits per heavy atom. The van der Waals surface area contributed by atoms with Crippen molar-refractivity contribution in [2.24, 2.45) is 0 Å². The van der Waals surface area contributed by atoms with Crippen molar-refractivity contribution < 1.29 is 22.6 Å². The second-order valence-electron chi connectivity index (χ2n) is 7.64. The van der Waals surface area contributed by atoms with E-state index in [-0.39, 0.29) is 18.0 Å². The molecule has 2 heterocycles. The highest BCUT2D eigenvalue weighted by Crippen LogP contribution is 2.32. The van der Waals surface area contributed by atoms with Crippen molar-refractivity contribution in [3.05, 3.63) is 66.2 Å². The number of aromatic nitrogens is 2. The van der Waals surface area contributed by atoms with Crippen LogP contribution in [0.25, 0.3) is 11.3 Å². The van der Waals surface area contributed by atoms with Crippen LogP contribution in [0.1, 0.15) is 25.3 Å². The van der Waals surface area contributed by atoms with Gasteiger partial charge in [-0.2, -0.15) is 23.1 Å². The van der Waals surface area contributed by atoms with Crippen LogP contribution in [-0.4, -0.2) is 40.6 Å². The molecule has 4 rings (SSSR count). The Labute approximate surface area is 184 Å². The molecule has 5 nitrogen and oxygen atoms in total. The summed E-state index contributed by atoms with van der Waals surface area (Å²) >= 11 is 0. The lowest BCUT2D eigenvalue weighted by atomic mass is 10.1. The first kappa shape index (κ1) is 22.1. The number of hydrogen-bond acceptors (Lipinski definition) is 5. The maximum Gasteiger partial charge on any atom is 0.416 e. The molecule has 2 aromatic carbocycles. The molecule has 168 valence electrons. The summed E-state index contributed by atoms with van der Waals surface area (Å²) in [4.78, 5) is 11.2. The van der Waals surface area contributed by atoms with Gasteiger partial charge in [0.05, 0.1) is 11.3 Å². The lowest BCUT2D eigenvalue weighted by Gasteiger charge is -2.31. The van der Waals surface area contributed by atoms with Crippen molar-refractivity contribution in [1.82, 2.24) is 14.9 Å². The van der Waals surface area contributed by atoms with Crippen LogP contribution < -0.4 is 9.47 Å². The van der Waals surface area contributed by atoms with Crippen molar-refractivity contribution >= 4 is 0 Å². The van der Waals surface area contributed by atoms with E-state index in [1.165, 1.54) is 12.1 Å². The van der Waals surface area contributed by atoms with Crippen molar-refractivity contribution in [3.8, 4) is 28.9 Å². The molecule has 0 amide bonds. The molecule has 1 unspecified atom stereocenters. The minimum absolute atomic E-state index is 0.0591. The first-order chi connectivity index (χ1) is 15.4. The number of rotatable bonds is 6. The first-order valence-corrected chi connectivity index (χ1v) is 10.6. The Balaban J connectivity index is 1.64. The molecule has 1 atom stereocenters. The SMILES string of the molecule is CCN1CCCC(Oc2nc(Oc3ccccc3)cc(-c3ccc(C(F)(F)F)cc3)n2)C1. The van der Waals surface area contributed by atoms with Gasteiger partial charge in [-0.05, 0) is 50.2 Å². The van der Waals surface area contributed by atoms with E-state index >= 15 is 0 Å². The van der Waals surface area contributed by atoms with Crippen molar-refractivity contribution in [2.75, 3.05) is 19.6 Å². The van der Waals surface area contributed by atoms with Crippen LogP contribution in [0, 0.1) is 0 Å². The summed E-state index contributed by atoms with van der Waals surface area (Å²) < 4.78 is 50.8. The normalized spacial score (nSPS) is 17.2. The topological polar surface area (TPSA) is 47.5 Å². The fourth-order valence-corrected chi connectivity index (χ4v) is 3.64. The molecule has 0 saturated carbocycles. The Kier molecular flexibility index (Phi) is 6.60. The predicted molar refractivity (Wildman–Crippen MR) is 115 cm³/mol. The van der Waals surface area contributed by atoms with Gasteiger partial charge in [-0.1, -0.05) is 37.3 Å². The number of alkyl halides is 3. The smallest absolute Gasteiger partial charge is 0.416 e. The number of likely N-dealkylation sites (tertiary alicyclic amines) is 1. The highest BCUT2D eigenvalue weighted by Gasteiger charge is 2.30. The summed E-state index contributed by atoms with van der Waals surface area (Å²) in [5.74, 6) is 0.851. The number of nitrogens with zero attached hydrogens (tertiary/aromatic N) is 3. The van der Waals surface area contributed by atoms with Crippen LogP contribution in [0.5, 0.6) is 17.6 Å². The van der Waals surface area contributed by atoms with E-state index < -0.39 is 11.7 Å². The summed E-state index contributed by atoms with van der Waals surface area (Å²) in [6.45, 7) is 4.86. The first-order valence-electron chi connectivity index (χ1n) is 10.6. The summed E-state index contributed by atoms with van der Waals surface area (Å²) in [6.07, 6.45) is -2.55. The molecule has 1 aliphatic rings. The van der Waals surface area contributed by atoms with Crippen LogP contribution in [0.4, 0.5) is 13.2 Å². The maximum absolute atomic E-state index is 12.9. The standard InChI is InChI=1S/C24H24F3N3O2/c1-2-30-14-6-9-20(16-30)32-23-28-21(17-10-12-18(13-11-17)24(25,26)27)15-22(29-23)31-19-7-4-3-5-8-19/h3-5,7-8,10-13,15,20H,2,6,9,14,16H2,1H3. The fraction of sp³-hybridized carbons (Fsp3) is 0.333. The number of halogens is 3. The van der Waals surface area contributed by atoms with Crippen molar-refractivity contribution in [1.29, 1.82) is 0 Å². The van der Waals surface area contributed by atoms with E-state index in [9.17, 15) is 13.2 Å². The van der Waals surface area contributed by atoms with Gasteiger partial charge < -0.3 is 9.47 Å². The zero-order chi connectivity index (χ0) is 22.6. The molecule has 0 N–H and O–H groups in total. The number of likely N-dealkylation sites (N-methyl/N-ethyl adjacent to an activating group) is 1. The number of ether oxygens (including phenoxy) is 2. The summed E-state index contributed by atoms with van der Waals surface area (Å²) in [6, 6.07) is 15.7. The molecule has 0 radical (unpaired) electrons. The molecular weight excluding hydrogens is 419 g/mol. The van der Waals surface area contributed by atoms with Gasteiger partial charge in [0.25, 0.3) is 0 Å². The van der Waals surface area contributed by atoms with E-state index in [0.29, 0.717) is 17.0 Å². The zero-order valence-electron chi connectivity index (χ0n) is 17.7. The van der Waals surface area contributed by atoms with Crippen molar-refractivity contribution in [3.63, 3.8) is 0 Å². The van der Waals surface area contributed by atoms with Crippen LogP contribution in [0.3, 0.4) is 0 Å². The van der Waals surface area contributed by atoms with E-state index in [1.807, 2.05) is 18.2 Å². The number of piperidine rings is 1. The largest absolute Gasteiger partial charge is 0.459 e. The highest BCUT2D eigenvalue weighted by atomic mass is 19.4. The number of benzene rings is 2. The van der Waals surface area contributed by atoms with Crippen LogP contribution in [0.15, 0.2) is 60.7 Å². The fourth-order valence-electron chi connectivity index (χ4n) is 3.64. The average molecular weight is 443 g/mol. The van der Waals surface area contributed by atoms with Crippen LogP contribution in [0.2, 0.25) is 0 Å². The van der Waals surface area contributed by atoms with Gasteiger partial charge in [0.2, 0.25) is 5.88 Å². The summed E-state index contributed by atoms with van der Waals surface area (Å²) in [5.41, 5.74) is 0.231. The number of para-hydroxylation sites is 1. The molecular formula is C24H24F3N3O2. The van der Waals surface area contributed by atoms with E-state index in [4.69, 9.17) is 9.47 Å². The lowest BCUT2D eigenvalue weighted by molar-refractivity contribution is -0.137. The third-order valence-corrected chi connectivity index (χ3v) is 5.34. The maximum atomic E-state index is 12.9. The van der Waals surface area contributed by atoms with Gasteiger partial charge in [-0.3, -0.25) is 4.90 Å². The highest BCUT2D eigenvalue weighted by molar-refractivity contribution is 5.61. The van der Waals surface area contributed by atoms with Gasteiger partial charge in [-0.25, -0.2) is 0 Å². The third-order valence-electron chi connectivity index (χ3n) is 5.34. The van der Waals surface area contributed by atoms with Crippen LogP contribution >= 0.6 is 0 Å². The Hall–Kier alpha value is -3.13. The Morgan fingerprint density at radius 3 is 2.47 bits per heavy atom. The molecule has 1 saturated heterocycles. The van der Waals surface area contributed by atoms with Gasteiger partial charge in [-0.15, -0.1) is 0 Å². The van der Waals surface area contributed by atoms with Crippen LogP contribution in [-0.2, 0) is 6.18 Å². The molecule has 8 heteroatoms. The Bertz CT molecular complexity index is 1030. The molecule has 1 aliphatic heterocycles. The van der Waals surface area contributed by atoms with Gasteiger partial charge >= 0.3 is 12.2 Å². The summed E-state index contributed by atoms with van der Waals surface area (Å²) in [5, 5.41) is 0. The van der Waals surface area contributed by atoms with E-state index in [1.54, 1.807) is 18.2 Å². The zero-order valence-corrected chi connectivity index (χ0v) is 17.7.